The summed E-state index contributed by atoms with van der Waals surface area (Å²) in [6.45, 7) is 0.635. The molecule has 2 aromatic carbocycles. The molecular weight excluding hydrogens is 446 g/mol. The van der Waals surface area contributed by atoms with Crippen LogP contribution in [0.5, 0.6) is 0 Å². The van der Waals surface area contributed by atoms with Gasteiger partial charge in [-0.1, -0.05) is 18.9 Å². The summed E-state index contributed by atoms with van der Waals surface area (Å²) >= 11 is 0. The van der Waals surface area contributed by atoms with Crippen LogP contribution in [-0.2, 0) is 4.79 Å². The van der Waals surface area contributed by atoms with Gasteiger partial charge in [0.1, 0.15) is 11.3 Å². The second kappa shape index (κ2) is 10.4. The molecule has 0 fully saturated rings. The number of benzene rings is 3. The maximum Gasteiger partial charge on any atom is 0.224 e. The smallest absolute Gasteiger partial charge is 0.224 e. The third kappa shape index (κ3) is 5.33. The topological polar surface area (TPSA) is 151 Å². The number of carboxylic acids is 1. The molecule has 35 heavy (non-hydrogen) atoms. The molecule has 0 bridgehead atoms. The number of carbonyl (C=O) groups excluding carboxylic acids is 2. The number of hydrogen-bond donors (Lipinski definition) is 3. The Morgan fingerprint density at radius 3 is 2.46 bits per heavy atom. The van der Waals surface area contributed by atoms with Crippen molar-refractivity contribution < 1.29 is 19.1 Å². The van der Waals surface area contributed by atoms with Crippen LogP contribution in [0.3, 0.4) is 0 Å². The quantitative estimate of drug-likeness (QED) is 0.192. The van der Waals surface area contributed by atoms with Crippen LogP contribution in [0.15, 0.2) is 63.8 Å². The Kier molecular flexibility index (Phi) is 7.12. The van der Waals surface area contributed by atoms with Crippen LogP contribution in [0.1, 0.15) is 42.5 Å². The van der Waals surface area contributed by atoms with Gasteiger partial charge in [-0.05, 0) is 61.3 Å². The van der Waals surface area contributed by atoms with E-state index < -0.39 is 5.97 Å². The summed E-state index contributed by atoms with van der Waals surface area (Å²) in [5.41, 5.74) is 13.8. The van der Waals surface area contributed by atoms with Gasteiger partial charge in [-0.3, -0.25) is 9.59 Å². The minimum Gasteiger partial charge on any atom is -0.545 e. The van der Waals surface area contributed by atoms with Gasteiger partial charge in [-0.2, -0.15) is 0 Å². The number of amides is 1. The van der Waals surface area contributed by atoms with Crippen LogP contribution in [0, 0.1) is 0 Å². The van der Waals surface area contributed by atoms with Crippen LogP contribution in [-0.4, -0.2) is 18.4 Å². The van der Waals surface area contributed by atoms with Crippen molar-refractivity contribution in [3.8, 4) is 22.5 Å². The molecule has 5 N–H and O–H groups in total. The number of fused-ring (bicyclic) bond motifs is 2. The van der Waals surface area contributed by atoms with Gasteiger partial charge in [0.2, 0.25) is 5.91 Å². The normalized spacial score (nSPS) is 11.1. The highest BCUT2D eigenvalue weighted by atomic mass is 16.4. The number of unbranched alkanes of at least 4 members (excludes halogenated alkanes) is 3. The van der Waals surface area contributed by atoms with E-state index in [0.717, 1.165) is 25.7 Å². The number of carboxylic acid groups (broad SMARTS) is 1. The van der Waals surface area contributed by atoms with Crippen molar-refractivity contribution >= 4 is 34.2 Å². The van der Waals surface area contributed by atoms with E-state index >= 15 is 0 Å². The third-order valence-corrected chi connectivity index (χ3v) is 5.87. The zero-order valence-corrected chi connectivity index (χ0v) is 19.1. The van der Waals surface area contributed by atoms with Gasteiger partial charge in [0.15, 0.2) is 5.43 Å². The van der Waals surface area contributed by atoms with E-state index in [0.29, 0.717) is 57.8 Å². The van der Waals surface area contributed by atoms with Gasteiger partial charge in [-0.15, -0.1) is 0 Å². The first kappa shape index (κ1) is 24.0. The number of rotatable bonds is 9. The van der Waals surface area contributed by atoms with Crippen LogP contribution in [0.2, 0.25) is 0 Å². The lowest BCUT2D eigenvalue weighted by Gasteiger charge is -2.19. The van der Waals surface area contributed by atoms with Gasteiger partial charge in [0.25, 0.3) is 0 Å². The summed E-state index contributed by atoms with van der Waals surface area (Å²) in [7, 11) is 0. The molecule has 2 aliphatic rings. The Morgan fingerprint density at radius 1 is 0.914 bits per heavy atom. The molecule has 0 atom stereocenters. The molecule has 8 nitrogen and oxygen atoms in total. The van der Waals surface area contributed by atoms with Crippen molar-refractivity contribution in [1.82, 2.24) is 0 Å². The van der Waals surface area contributed by atoms with E-state index in [9.17, 15) is 19.5 Å². The Labute approximate surface area is 201 Å². The highest BCUT2D eigenvalue weighted by molar-refractivity contribution is 6.08. The zero-order chi connectivity index (χ0) is 24.9. The minimum atomic E-state index is -1.39. The Balaban J connectivity index is 1.74. The van der Waals surface area contributed by atoms with E-state index in [2.05, 4.69) is 5.32 Å². The maximum absolute atomic E-state index is 12.3. The van der Waals surface area contributed by atoms with Crippen molar-refractivity contribution in [2.24, 2.45) is 5.73 Å². The number of anilines is 2. The maximum atomic E-state index is 12.3. The van der Waals surface area contributed by atoms with Crippen molar-refractivity contribution in [2.75, 3.05) is 17.6 Å². The van der Waals surface area contributed by atoms with Crippen molar-refractivity contribution in [3.05, 3.63) is 70.4 Å². The van der Waals surface area contributed by atoms with E-state index in [1.807, 2.05) is 0 Å². The molecule has 0 aromatic heterocycles. The lowest BCUT2D eigenvalue weighted by molar-refractivity contribution is -0.254. The fourth-order valence-electron chi connectivity index (χ4n) is 4.19. The van der Waals surface area contributed by atoms with Gasteiger partial charge >= 0.3 is 0 Å². The van der Waals surface area contributed by atoms with E-state index in [-0.39, 0.29) is 16.9 Å². The second-order valence-electron chi connectivity index (χ2n) is 8.44. The van der Waals surface area contributed by atoms with E-state index in [1.165, 1.54) is 18.2 Å². The average Bonchev–Trinajstić information content (AvgIpc) is 2.82. The number of nitrogens with one attached hydrogen (secondary N) is 1. The number of aromatic carboxylic acids is 1. The molecule has 1 aliphatic carbocycles. The highest BCUT2D eigenvalue weighted by Gasteiger charge is 2.20. The SMILES string of the molecule is NCCCCCCC(=O)Nc1ccc(-c2c3ccc(=O)cc-3oc3cc(N)ccc23)c(C(=O)[O-])c1. The van der Waals surface area contributed by atoms with Crippen molar-refractivity contribution in [3.63, 3.8) is 0 Å². The van der Waals surface area contributed by atoms with Gasteiger partial charge < -0.3 is 31.1 Å². The third-order valence-electron chi connectivity index (χ3n) is 5.87. The molecule has 0 unspecified atom stereocenters. The molecule has 0 saturated carbocycles. The molecule has 4 rings (SSSR count). The standard InChI is InChI=1S/C27H27N3O5/c28-12-4-2-1-3-5-25(32)30-17-7-10-19(22(14-17)27(33)34)26-20-9-6-16(29)13-23(20)35-24-15-18(31)8-11-21(24)26/h6-11,13-15H,1-5,12,28-29H2,(H,30,32)(H,33,34)/p-1. The van der Waals surface area contributed by atoms with Crippen molar-refractivity contribution in [1.29, 1.82) is 0 Å². The molecule has 2 aromatic rings. The summed E-state index contributed by atoms with van der Waals surface area (Å²) in [6.07, 6.45) is 3.87. The number of hydrogen-bond acceptors (Lipinski definition) is 7. The molecule has 0 radical (unpaired) electrons. The molecule has 1 aliphatic heterocycles. The van der Waals surface area contributed by atoms with Crippen LogP contribution in [0.25, 0.3) is 33.4 Å². The first-order valence-corrected chi connectivity index (χ1v) is 11.5. The lowest BCUT2D eigenvalue weighted by atomic mass is 9.90. The summed E-state index contributed by atoms with van der Waals surface area (Å²) in [5, 5.41) is 15.6. The number of nitrogens with two attached hydrogens (primary N) is 2. The average molecular weight is 473 g/mol. The molecule has 0 spiro atoms. The van der Waals surface area contributed by atoms with Gasteiger partial charge in [-0.25, -0.2) is 0 Å². The summed E-state index contributed by atoms with van der Waals surface area (Å²) in [6, 6.07) is 14.1. The van der Waals surface area contributed by atoms with E-state index in [4.69, 9.17) is 15.9 Å². The first-order chi connectivity index (χ1) is 16.9. The lowest BCUT2D eigenvalue weighted by Crippen LogP contribution is -2.23. The predicted octanol–water partition coefficient (Wildman–Crippen LogP) is 3.36. The first-order valence-electron chi connectivity index (χ1n) is 11.5. The summed E-state index contributed by atoms with van der Waals surface area (Å²) in [5.74, 6) is -1.28. The van der Waals surface area contributed by atoms with Crippen LogP contribution >= 0.6 is 0 Å². The van der Waals surface area contributed by atoms with Crippen LogP contribution < -0.4 is 27.3 Å². The van der Waals surface area contributed by atoms with Crippen molar-refractivity contribution in [2.45, 2.75) is 32.1 Å². The summed E-state index contributed by atoms with van der Waals surface area (Å²) < 4.78 is 5.90. The monoisotopic (exact) mass is 472 g/mol. The molecule has 8 heteroatoms. The fraction of sp³-hybridized carbons (Fsp3) is 0.222. The Hall–Kier alpha value is -4.17. The predicted molar refractivity (Wildman–Crippen MR) is 134 cm³/mol. The molecular formula is C27H26N3O5-. The fourth-order valence-corrected chi connectivity index (χ4v) is 4.19. The molecule has 1 heterocycles. The summed E-state index contributed by atoms with van der Waals surface area (Å²) in [4.78, 5) is 36.4. The Morgan fingerprint density at radius 2 is 1.69 bits per heavy atom. The largest absolute Gasteiger partial charge is 0.545 e. The van der Waals surface area contributed by atoms with Crippen LogP contribution in [0.4, 0.5) is 11.4 Å². The van der Waals surface area contributed by atoms with Gasteiger partial charge in [0, 0.05) is 52.0 Å². The second-order valence-corrected chi connectivity index (χ2v) is 8.44. The Bertz CT molecular complexity index is 1430. The molecule has 1 amide bonds. The number of nitrogen functional groups attached to an aromatic ring is 1. The highest BCUT2D eigenvalue weighted by Crippen LogP contribution is 2.42. The van der Waals surface area contributed by atoms with E-state index in [1.54, 1.807) is 36.4 Å². The molecule has 0 saturated heterocycles. The zero-order valence-electron chi connectivity index (χ0n) is 19.1. The van der Waals surface area contributed by atoms with Gasteiger partial charge in [0.05, 0.1) is 5.97 Å². The molecule has 180 valence electrons. The minimum absolute atomic E-state index is 0.0948. The number of carbonyl (C=O) groups is 2.